The predicted octanol–water partition coefficient (Wildman–Crippen LogP) is 3.66. The molecule has 2 rings (SSSR count). The summed E-state index contributed by atoms with van der Waals surface area (Å²) >= 11 is 9.07. The van der Waals surface area contributed by atoms with Gasteiger partial charge in [-0.2, -0.15) is 0 Å². The van der Waals surface area contributed by atoms with Crippen molar-refractivity contribution in [2.75, 3.05) is 31.0 Å². The molecule has 0 atom stereocenters. The van der Waals surface area contributed by atoms with E-state index in [0.29, 0.717) is 19.1 Å². The largest absolute Gasteiger partial charge is 0.378 e. The van der Waals surface area contributed by atoms with Gasteiger partial charge >= 0.3 is 0 Å². The summed E-state index contributed by atoms with van der Waals surface area (Å²) in [5, 5.41) is 5.52. The zero-order valence-corrected chi connectivity index (χ0v) is 12.2. The van der Waals surface area contributed by atoms with E-state index >= 15 is 0 Å². The summed E-state index contributed by atoms with van der Waals surface area (Å²) in [5.41, 5.74) is 0. The lowest BCUT2D eigenvalue weighted by molar-refractivity contribution is 0.160. The number of benzene rings is 1. The number of ether oxygens (including phenoxy) is 1. The second-order valence-electron chi connectivity index (χ2n) is 3.72. The zero-order valence-electron chi connectivity index (χ0n) is 9.83. The van der Waals surface area contributed by atoms with Gasteiger partial charge in [-0.1, -0.05) is 28.1 Å². The van der Waals surface area contributed by atoms with E-state index in [-0.39, 0.29) is 0 Å². The SMILES string of the molecule is ClCCOCCNc1nccc2c(Br)cccc12. The average Bonchev–Trinajstić information content (AvgIpc) is 2.39. The first-order chi connectivity index (χ1) is 8.83. The van der Waals surface area contributed by atoms with Gasteiger partial charge in [0, 0.05) is 33.9 Å². The van der Waals surface area contributed by atoms with Crippen molar-refractivity contribution in [3.63, 3.8) is 0 Å². The molecule has 1 heterocycles. The van der Waals surface area contributed by atoms with Crippen LogP contribution in [0.1, 0.15) is 0 Å². The first-order valence-electron chi connectivity index (χ1n) is 5.73. The van der Waals surface area contributed by atoms with Crippen molar-refractivity contribution >= 4 is 44.1 Å². The van der Waals surface area contributed by atoms with Gasteiger partial charge < -0.3 is 10.1 Å². The Labute approximate surface area is 120 Å². The molecule has 5 heteroatoms. The molecule has 0 bridgehead atoms. The minimum Gasteiger partial charge on any atom is -0.378 e. The fourth-order valence-corrected chi connectivity index (χ4v) is 2.32. The van der Waals surface area contributed by atoms with Crippen LogP contribution in [-0.4, -0.2) is 30.6 Å². The van der Waals surface area contributed by atoms with Gasteiger partial charge in [-0.15, -0.1) is 11.6 Å². The van der Waals surface area contributed by atoms with Gasteiger partial charge in [0.15, 0.2) is 0 Å². The van der Waals surface area contributed by atoms with Gasteiger partial charge in [0.1, 0.15) is 5.82 Å². The quantitative estimate of drug-likeness (QED) is 0.648. The fraction of sp³-hybridized carbons (Fsp3) is 0.308. The van der Waals surface area contributed by atoms with Crippen molar-refractivity contribution in [1.29, 1.82) is 0 Å². The lowest BCUT2D eigenvalue weighted by Crippen LogP contribution is -2.11. The first-order valence-corrected chi connectivity index (χ1v) is 7.06. The van der Waals surface area contributed by atoms with Crippen LogP contribution in [0.5, 0.6) is 0 Å². The number of halogens is 2. The maximum absolute atomic E-state index is 5.53. The standard InChI is InChI=1S/C13H14BrClN2O/c14-12-3-1-2-11-10(12)4-6-16-13(11)17-7-9-18-8-5-15/h1-4,6H,5,7-9H2,(H,16,17). The molecule has 1 aromatic carbocycles. The molecular formula is C13H14BrClN2O. The molecule has 0 fully saturated rings. The van der Waals surface area contributed by atoms with E-state index < -0.39 is 0 Å². The second kappa shape index (κ2) is 6.92. The third-order valence-electron chi connectivity index (χ3n) is 2.51. The smallest absolute Gasteiger partial charge is 0.133 e. The number of nitrogens with one attached hydrogen (secondary N) is 1. The van der Waals surface area contributed by atoms with Gasteiger partial charge in [-0.25, -0.2) is 4.98 Å². The van der Waals surface area contributed by atoms with E-state index in [0.717, 1.165) is 27.6 Å². The second-order valence-corrected chi connectivity index (χ2v) is 4.95. The number of nitrogens with zero attached hydrogens (tertiary/aromatic N) is 1. The number of hydrogen-bond donors (Lipinski definition) is 1. The van der Waals surface area contributed by atoms with E-state index in [1.54, 1.807) is 6.20 Å². The van der Waals surface area contributed by atoms with Gasteiger partial charge in [0.05, 0.1) is 13.2 Å². The molecular weight excluding hydrogens is 316 g/mol. The predicted molar refractivity (Wildman–Crippen MR) is 79.5 cm³/mol. The van der Waals surface area contributed by atoms with Crippen LogP contribution in [-0.2, 0) is 4.74 Å². The van der Waals surface area contributed by atoms with E-state index in [1.807, 2.05) is 18.2 Å². The average molecular weight is 330 g/mol. The Balaban J connectivity index is 2.07. The molecule has 3 nitrogen and oxygen atoms in total. The summed E-state index contributed by atoms with van der Waals surface area (Å²) in [5.74, 6) is 1.41. The van der Waals surface area contributed by atoms with Crippen molar-refractivity contribution in [2.45, 2.75) is 0 Å². The number of hydrogen-bond acceptors (Lipinski definition) is 3. The van der Waals surface area contributed by atoms with Crippen LogP contribution in [0.25, 0.3) is 10.8 Å². The van der Waals surface area contributed by atoms with Crippen LogP contribution in [0.15, 0.2) is 34.9 Å². The lowest BCUT2D eigenvalue weighted by atomic mass is 10.1. The molecule has 18 heavy (non-hydrogen) atoms. The van der Waals surface area contributed by atoms with Crippen LogP contribution >= 0.6 is 27.5 Å². The topological polar surface area (TPSA) is 34.1 Å². The molecule has 0 spiro atoms. The Kier molecular flexibility index (Phi) is 5.23. The molecule has 0 amide bonds. The van der Waals surface area contributed by atoms with Crippen molar-refractivity contribution in [3.8, 4) is 0 Å². The summed E-state index contributed by atoms with van der Waals surface area (Å²) in [6, 6.07) is 8.07. The monoisotopic (exact) mass is 328 g/mol. The summed E-state index contributed by atoms with van der Waals surface area (Å²) in [6.45, 7) is 1.92. The molecule has 0 saturated carbocycles. The summed E-state index contributed by atoms with van der Waals surface area (Å²) in [4.78, 5) is 4.35. The van der Waals surface area contributed by atoms with Gasteiger partial charge in [0.2, 0.25) is 0 Å². The molecule has 96 valence electrons. The maximum Gasteiger partial charge on any atom is 0.133 e. The minimum atomic E-state index is 0.527. The van der Waals surface area contributed by atoms with Crippen molar-refractivity contribution < 1.29 is 4.74 Å². The van der Waals surface area contributed by atoms with Gasteiger partial charge in [-0.3, -0.25) is 0 Å². The van der Waals surface area contributed by atoms with Crippen LogP contribution in [0.3, 0.4) is 0 Å². The summed E-state index contributed by atoms with van der Waals surface area (Å²) in [7, 11) is 0. The minimum absolute atomic E-state index is 0.527. The van der Waals surface area contributed by atoms with Gasteiger partial charge in [-0.05, 0) is 12.1 Å². The third kappa shape index (κ3) is 3.34. The Morgan fingerprint density at radius 3 is 2.94 bits per heavy atom. The number of aromatic nitrogens is 1. The number of pyridine rings is 1. The zero-order chi connectivity index (χ0) is 12.8. The Morgan fingerprint density at radius 1 is 1.22 bits per heavy atom. The molecule has 0 aliphatic rings. The normalized spacial score (nSPS) is 10.8. The van der Waals surface area contributed by atoms with E-state index in [1.165, 1.54) is 0 Å². The molecule has 0 unspecified atom stereocenters. The van der Waals surface area contributed by atoms with Crippen molar-refractivity contribution in [3.05, 3.63) is 34.9 Å². The number of anilines is 1. The van der Waals surface area contributed by atoms with E-state index in [2.05, 4.69) is 32.3 Å². The highest BCUT2D eigenvalue weighted by Crippen LogP contribution is 2.27. The van der Waals surface area contributed by atoms with Crippen LogP contribution in [0.2, 0.25) is 0 Å². The molecule has 0 radical (unpaired) electrons. The highest BCUT2D eigenvalue weighted by molar-refractivity contribution is 9.10. The fourth-order valence-electron chi connectivity index (χ4n) is 1.71. The molecule has 1 aromatic heterocycles. The highest BCUT2D eigenvalue weighted by Gasteiger charge is 2.03. The van der Waals surface area contributed by atoms with E-state index in [9.17, 15) is 0 Å². The third-order valence-corrected chi connectivity index (χ3v) is 3.36. The number of alkyl halides is 1. The molecule has 0 aliphatic heterocycles. The molecule has 0 saturated heterocycles. The Bertz CT molecular complexity index is 521. The molecule has 2 aromatic rings. The first kappa shape index (κ1) is 13.6. The van der Waals surface area contributed by atoms with Crippen LogP contribution in [0.4, 0.5) is 5.82 Å². The Morgan fingerprint density at radius 2 is 2.11 bits per heavy atom. The summed E-state index contributed by atoms with van der Waals surface area (Å²) in [6.07, 6.45) is 1.80. The summed E-state index contributed by atoms with van der Waals surface area (Å²) < 4.78 is 6.38. The van der Waals surface area contributed by atoms with E-state index in [4.69, 9.17) is 16.3 Å². The highest BCUT2D eigenvalue weighted by atomic mass is 79.9. The van der Waals surface area contributed by atoms with Crippen molar-refractivity contribution in [2.24, 2.45) is 0 Å². The molecule has 0 aliphatic carbocycles. The Hall–Kier alpha value is -0.840. The number of fused-ring (bicyclic) bond motifs is 1. The molecule has 1 N–H and O–H groups in total. The van der Waals surface area contributed by atoms with Crippen molar-refractivity contribution in [1.82, 2.24) is 4.98 Å². The van der Waals surface area contributed by atoms with Crippen LogP contribution in [0, 0.1) is 0 Å². The van der Waals surface area contributed by atoms with Crippen LogP contribution < -0.4 is 5.32 Å². The number of rotatable bonds is 6. The lowest BCUT2D eigenvalue weighted by Gasteiger charge is -2.09. The van der Waals surface area contributed by atoms with Gasteiger partial charge in [0.25, 0.3) is 0 Å². The maximum atomic E-state index is 5.53.